The Morgan fingerprint density at radius 1 is 1.25 bits per heavy atom. The van der Waals surface area contributed by atoms with Crippen LogP contribution in [0.2, 0.25) is 0 Å². The minimum Gasteiger partial charge on any atom is -0.508 e. The monoisotopic (exact) mass is 276 g/mol. The average Bonchev–Trinajstić information content (AvgIpc) is 2.44. The van der Waals surface area contributed by atoms with E-state index in [2.05, 4.69) is 6.92 Å². The quantitative estimate of drug-likeness (QED) is 0.439. The van der Waals surface area contributed by atoms with Gasteiger partial charge in [-0.3, -0.25) is 0 Å². The van der Waals surface area contributed by atoms with Crippen molar-refractivity contribution in [2.24, 2.45) is 0 Å². The van der Waals surface area contributed by atoms with Crippen molar-refractivity contribution >= 4 is 12.0 Å². The van der Waals surface area contributed by atoms with Crippen molar-refractivity contribution in [2.75, 3.05) is 6.61 Å². The summed E-state index contributed by atoms with van der Waals surface area (Å²) in [4.78, 5) is 11.5. The van der Waals surface area contributed by atoms with Gasteiger partial charge in [-0.05, 0) is 42.7 Å². The van der Waals surface area contributed by atoms with E-state index in [0.29, 0.717) is 6.61 Å². The molecule has 0 aliphatic carbocycles. The van der Waals surface area contributed by atoms with Crippen LogP contribution in [0.15, 0.2) is 24.3 Å². The lowest BCUT2D eigenvalue weighted by atomic mass is 10.1. The van der Waals surface area contributed by atoms with Crippen molar-refractivity contribution in [3.8, 4) is 5.75 Å². The van der Waals surface area contributed by atoms with Crippen molar-refractivity contribution < 1.29 is 14.6 Å². The number of carbonyl (C=O) groups excluding carboxylic acids is 1. The number of carbonyl (C=O) groups is 1. The third-order valence-electron chi connectivity index (χ3n) is 3.12. The van der Waals surface area contributed by atoms with Gasteiger partial charge in [-0.2, -0.15) is 0 Å². The number of ether oxygens (including phenoxy) is 1. The van der Waals surface area contributed by atoms with Crippen molar-refractivity contribution in [1.82, 2.24) is 0 Å². The summed E-state index contributed by atoms with van der Waals surface area (Å²) in [7, 11) is 0. The molecule has 0 amide bonds. The molecular weight excluding hydrogens is 252 g/mol. The number of phenols is 1. The molecule has 0 fully saturated rings. The van der Waals surface area contributed by atoms with Crippen LogP contribution >= 0.6 is 0 Å². The number of rotatable bonds is 8. The number of esters is 1. The van der Waals surface area contributed by atoms with Crippen LogP contribution in [-0.4, -0.2) is 17.7 Å². The fourth-order valence-corrected chi connectivity index (χ4v) is 1.87. The number of aromatic hydroxyl groups is 1. The number of hydrogen-bond acceptors (Lipinski definition) is 3. The van der Waals surface area contributed by atoms with Gasteiger partial charge in [-0.15, -0.1) is 0 Å². The van der Waals surface area contributed by atoms with E-state index < -0.39 is 0 Å². The standard InChI is InChI=1S/C17H24O3/c1-3-4-5-6-7-12-20-17(19)11-9-15-8-10-16(18)14(2)13-15/h8-11,13,18H,3-7,12H2,1-2H3/b11-9+. The lowest BCUT2D eigenvalue weighted by Gasteiger charge is -2.02. The summed E-state index contributed by atoms with van der Waals surface area (Å²) in [6.45, 7) is 4.48. The summed E-state index contributed by atoms with van der Waals surface area (Å²) in [6, 6.07) is 5.20. The summed E-state index contributed by atoms with van der Waals surface area (Å²) in [5.41, 5.74) is 1.66. The van der Waals surface area contributed by atoms with Gasteiger partial charge in [0, 0.05) is 6.08 Å². The van der Waals surface area contributed by atoms with Crippen molar-refractivity contribution in [3.63, 3.8) is 0 Å². The Kier molecular flexibility index (Phi) is 7.48. The first-order valence-electron chi connectivity index (χ1n) is 7.28. The average molecular weight is 276 g/mol. The van der Waals surface area contributed by atoms with Crippen LogP contribution in [0, 0.1) is 6.92 Å². The SMILES string of the molecule is CCCCCCCOC(=O)/C=C/c1ccc(O)c(C)c1. The minimum absolute atomic E-state index is 0.261. The molecule has 0 atom stereocenters. The van der Waals surface area contributed by atoms with Crippen LogP contribution < -0.4 is 0 Å². The van der Waals surface area contributed by atoms with Crippen LogP contribution in [0.1, 0.15) is 50.2 Å². The molecule has 0 saturated heterocycles. The van der Waals surface area contributed by atoms with Crippen LogP contribution in [0.3, 0.4) is 0 Å². The number of benzene rings is 1. The maximum atomic E-state index is 11.5. The van der Waals surface area contributed by atoms with Crippen LogP contribution in [0.4, 0.5) is 0 Å². The molecule has 1 aromatic carbocycles. The van der Waals surface area contributed by atoms with Gasteiger partial charge in [-0.1, -0.05) is 38.7 Å². The molecule has 0 aliphatic heterocycles. The third-order valence-corrected chi connectivity index (χ3v) is 3.12. The molecule has 1 rings (SSSR count). The van der Waals surface area contributed by atoms with E-state index >= 15 is 0 Å². The zero-order valence-corrected chi connectivity index (χ0v) is 12.4. The Labute approximate surface area is 121 Å². The molecule has 0 aliphatic rings. The normalized spacial score (nSPS) is 10.9. The maximum absolute atomic E-state index is 11.5. The summed E-state index contributed by atoms with van der Waals surface area (Å²) in [5.74, 6) is -0.0528. The Bertz CT molecular complexity index is 450. The highest BCUT2D eigenvalue weighted by molar-refractivity contribution is 5.87. The van der Waals surface area contributed by atoms with Crippen LogP contribution in [-0.2, 0) is 9.53 Å². The van der Waals surface area contributed by atoms with Crippen molar-refractivity contribution in [1.29, 1.82) is 0 Å². The first-order chi connectivity index (χ1) is 9.63. The lowest BCUT2D eigenvalue weighted by molar-refractivity contribution is -0.137. The lowest BCUT2D eigenvalue weighted by Crippen LogP contribution is -2.02. The van der Waals surface area contributed by atoms with E-state index in [1.54, 1.807) is 18.2 Å². The van der Waals surface area contributed by atoms with Gasteiger partial charge < -0.3 is 9.84 Å². The Morgan fingerprint density at radius 2 is 2.00 bits per heavy atom. The smallest absolute Gasteiger partial charge is 0.330 e. The Morgan fingerprint density at radius 3 is 2.70 bits per heavy atom. The molecule has 3 heteroatoms. The van der Waals surface area contributed by atoms with Gasteiger partial charge in [0.2, 0.25) is 0 Å². The van der Waals surface area contributed by atoms with Crippen molar-refractivity contribution in [2.45, 2.75) is 46.0 Å². The van der Waals surface area contributed by atoms with Crippen LogP contribution in [0.5, 0.6) is 5.75 Å². The second-order valence-corrected chi connectivity index (χ2v) is 4.96. The first-order valence-corrected chi connectivity index (χ1v) is 7.28. The number of hydrogen-bond donors (Lipinski definition) is 1. The molecule has 0 saturated carbocycles. The van der Waals surface area contributed by atoms with E-state index in [-0.39, 0.29) is 11.7 Å². The fraction of sp³-hybridized carbons (Fsp3) is 0.471. The number of unbranched alkanes of at least 4 members (excludes halogenated alkanes) is 4. The first kappa shape index (κ1) is 16.3. The summed E-state index contributed by atoms with van der Waals surface area (Å²) in [5, 5.41) is 9.41. The predicted octanol–water partition coefficient (Wildman–Crippen LogP) is 4.23. The Balaban J connectivity index is 2.27. The molecule has 0 heterocycles. The molecule has 20 heavy (non-hydrogen) atoms. The number of phenolic OH excluding ortho intramolecular Hbond substituents is 1. The van der Waals surface area contributed by atoms with Gasteiger partial charge in [0.05, 0.1) is 6.61 Å². The van der Waals surface area contributed by atoms with Gasteiger partial charge in [0.15, 0.2) is 0 Å². The number of aryl methyl sites for hydroxylation is 1. The van der Waals surface area contributed by atoms with E-state index in [9.17, 15) is 9.90 Å². The van der Waals surface area contributed by atoms with E-state index in [0.717, 1.165) is 24.0 Å². The van der Waals surface area contributed by atoms with Crippen LogP contribution in [0.25, 0.3) is 6.08 Å². The molecule has 110 valence electrons. The maximum Gasteiger partial charge on any atom is 0.330 e. The molecule has 3 nitrogen and oxygen atoms in total. The summed E-state index contributed by atoms with van der Waals surface area (Å²) in [6.07, 6.45) is 8.84. The molecule has 0 spiro atoms. The zero-order chi connectivity index (χ0) is 14.8. The molecule has 0 aromatic heterocycles. The summed E-state index contributed by atoms with van der Waals surface area (Å²) >= 11 is 0. The van der Waals surface area contributed by atoms with E-state index in [1.165, 1.54) is 25.3 Å². The second-order valence-electron chi connectivity index (χ2n) is 4.96. The Hall–Kier alpha value is -1.77. The highest BCUT2D eigenvalue weighted by Crippen LogP contribution is 2.17. The predicted molar refractivity (Wildman–Crippen MR) is 81.6 cm³/mol. The molecule has 0 bridgehead atoms. The fourth-order valence-electron chi connectivity index (χ4n) is 1.87. The molecule has 1 aromatic rings. The third kappa shape index (κ3) is 6.41. The van der Waals surface area contributed by atoms with Gasteiger partial charge in [-0.25, -0.2) is 4.79 Å². The summed E-state index contributed by atoms with van der Waals surface area (Å²) < 4.78 is 5.12. The topological polar surface area (TPSA) is 46.5 Å². The van der Waals surface area contributed by atoms with E-state index in [1.807, 2.05) is 13.0 Å². The molecular formula is C17H24O3. The van der Waals surface area contributed by atoms with Gasteiger partial charge in [0.1, 0.15) is 5.75 Å². The largest absolute Gasteiger partial charge is 0.508 e. The molecule has 1 N–H and O–H groups in total. The highest BCUT2D eigenvalue weighted by Gasteiger charge is 1.99. The van der Waals surface area contributed by atoms with Gasteiger partial charge in [0.25, 0.3) is 0 Å². The zero-order valence-electron chi connectivity index (χ0n) is 12.4. The van der Waals surface area contributed by atoms with Crippen molar-refractivity contribution in [3.05, 3.63) is 35.4 Å². The second kappa shape index (κ2) is 9.18. The highest BCUT2D eigenvalue weighted by atomic mass is 16.5. The molecule has 0 radical (unpaired) electrons. The molecule has 0 unspecified atom stereocenters. The van der Waals surface area contributed by atoms with E-state index in [4.69, 9.17) is 4.74 Å². The minimum atomic E-state index is -0.314. The van der Waals surface area contributed by atoms with Gasteiger partial charge >= 0.3 is 5.97 Å².